The highest BCUT2D eigenvalue weighted by atomic mass is 16.4. The topological polar surface area (TPSA) is 109 Å². The number of rotatable bonds is 4. The molecule has 1 saturated carbocycles. The molecule has 0 aromatic carbocycles. The molecule has 17 heavy (non-hydrogen) atoms. The summed E-state index contributed by atoms with van der Waals surface area (Å²) >= 11 is 0. The van der Waals surface area contributed by atoms with Crippen LogP contribution in [0.15, 0.2) is 0 Å². The fourth-order valence-electron chi connectivity index (χ4n) is 2.13. The molecule has 1 fully saturated rings. The van der Waals surface area contributed by atoms with Gasteiger partial charge in [0.2, 0.25) is 11.8 Å². The van der Waals surface area contributed by atoms with Crippen molar-refractivity contribution in [1.82, 2.24) is 5.32 Å². The van der Waals surface area contributed by atoms with Crippen molar-refractivity contribution in [3.63, 3.8) is 0 Å². The molecule has 0 bridgehead atoms. The molecule has 4 N–H and O–H groups in total. The van der Waals surface area contributed by atoms with Crippen LogP contribution in [0.4, 0.5) is 0 Å². The van der Waals surface area contributed by atoms with E-state index in [0.717, 1.165) is 12.8 Å². The highest BCUT2D eigenvalue weighted by Gasteiger charge is 2.36. The van der Waals surface area contributed by atoms with E-state index in [2.05, 4.69) is 5.32 Å². The molecule has 6 nitrogen and oxygen atoms in total. The molecule has 1 aliphatic carbocycles. The normalized spacial score (nSPS) is 25.9. The Labute approximate surface area is 99.6 Å². The Kier molecular flexibility index (Phi) is 4.48. The fourth-order valence-corrected chi connectivity index (χ4v) is 2.13. The largest absolute Gasteiger partial charge is 0.481 e. The Bertz CT molecular complexity index is 329. The van der Waals surface area contributed by atoms with E-state index in [4.69, 9.17) is 10.8 Å². The number of hydrogen-bond acceptors (Lipinski definition) is 3. The molecule has 1 rings (SSSR count). The van der Waals surface area contributed by atoms with Gasteiger partial charge in [0, 0.05) is 0 Å². The van der Waals surface area contributed by atoms with Gasteiger partial charge in [-0.25, -0.2) is 0 Å². The first kappa shape index (κ1) is 13.5. The first-order valence-electron chi connectivity index (χ1n) is 5.76. The Morgan fingerprint density at radius 1 is 1.24 bits per heavy atom. The summed E-state index contributed by atoms with van der Waals surface area (Å²) in [5.74, 6) is -3.16. The maximum atomic E-state index is 11.8. The van der Waals surface area contributed by atoms with Crippen LogP contribution in [0.5, 0.6) is 0 Å². The summed E-state index contributed by atoms with van der Waals surface area (Å²) < 4.78 is 0. The van der Waals surface area contributed by atoms with Gasteiger partial charge in [-0.05, 0) is 19.8 Å². The average molecular weight is 242 g/mol. The zero-order chi connectivity index (χ0) is 13.0. The summed E-state index contributed by atoms with van der Waals surface area (Å²) in [4.78, 5) is 33.7. The molecule has 0 spiro atoms. The van der Waals surface area contributed by atoms with Gasteiger partial charge in [-0.15, -0.1) is 0 Å². The number of carbonyl (C=O) groups excluding carboxylic acids is 2. The molecular weight excluding hydrogens is 224 g/mol. The zero-order valence-electron chi connectivity index (χ0n) is 9.81. The summed E-state index contributed by atoms with van der Waals surface area (Å²) in [6.07, 6.45) is 2.73. The number of hydrogen-bond donors (Lipinski definition) is 3. The van der Waals surface area contributed by atoms with Gasteiger partial charge in [-0.3, -0.25) is 14.4 Å². The SMILES string of the molecule is CC(NC(=O)C1CCCCC1C(=O)O)C(N)=O. The number of nitrogens with two attached hydrogens (primary N) is 1. The van der Waals surface area contributed by atoms with E-state index in [1.807, 2.05) is 0 Å². The second-order valence-corrected chi connectivity index (χ2v) is 4.47. The Hall–Kier alpha value is -1.59. The van der Waals surface area contributed by atoms with E-state index < -0.39 is 29.8 Å². The lowest BCUT2D eigenvalue weighted by Gasteiger charge is -2.28. The van der Waals surface area contributed by atoms with Crippen LogP contribution in [0.3, 0.4) is 0 Å². The quantitative estimate of drug-likeness (QED) is 0.637. The van der Waals surface area contributed by atoms with Crippen molar-refractivity contribution < 1.29 is 19.5 Å². The fraction of sp³-hybridized carbons (Fsp3) is 0.727. The predicted molar refractivity (Wildman–Crippen MR) is 59.9 cm³/mol. The first-order chi connectivity index (χ1) is 7.93. The number of nitrogens with one attached hydrogen (secondary N) is 1. The summed E-state index contributed by atoms with van der Waals surface area (Å²) in [6.45, 7) is 1.48. The van der Waals surface area contributed by atoms with Gasteiger partial charge >= 0.3 is 5.97 Å². The zero-order valence-corrected chi connectivity index (χ0v) is 9.81. The van der Waals surface area contributed by atoms with E-state index >= 15 is 0 Å². The molecule has 3 atom stereocenters. The highest BCUT2D eigenvalue weighted by molar-refractivity contribution is 5.89. The van der Waals surface area contributed by atoms with E-state index in [1.54, 1.807) is 0 Å². The van der Waals surface area contributed by atoms with Crippen molar-refractivity contribution in [3.8, 4) is 0 Å². The lowest BCUT2D eigenvalue weighted by atomic mass is 9.78. The minimum Gasteiger partial charge on any atom is -0.481 e. The van der Waals surface area contributed by atoms with Crippen LogP contribution in [0, 0.1) is 11.8 Å². The Morgan fingerprint density at radius 3 is 2.24 bits per heavy atom. The third-order valence-corrected chi connectivity index (χ3v) is 3.21. The van der Waals surface area contributed by atoms with Crippen molar-refractivity contribution in [1.29, 1.82) is 0 Å². The second kappa shape index (κ2) is 5.65. The van der Waals surface area contributed by atoms with Crippen LogP contribution in [0.2, 0.25) is 0 Å². The minimum absolute atomic E-state index is 0.386. The molecule has 1 aliphatic rings. The number of carboxylic acids is 1. The third kappa shape index (κ3) is 3.44. The van der Waals surface area contributed by atoms with Crippen molar-refractivity contribution in [2.45, 2.75) is 38.6 Å². The highest BCUT2D eigenvalue weighted by Crippen LogP contribution is 2.30. The lowest BCUT2D eigenvalue weighted by molar-refractivity contribution is -0.149. The molecule has 3 unspecified atom stereocenters. The number of carboxylic acid groups (broad SMARTS) is 1. The van der Waals surface area contributed by atoms with Crippen molar-refractivity contribution in [2.75, 3.05) is 0 Å². The maximum absolute atomic E-state index is 11.8. The Morgan fingerprint density at radius 2 is 1.76 bits per heavy atom. The Balaban J connectivity index is 2.65. The van der Waals surface area contributed by atoms with E-state index in [1.165, 1.54) is 6.92 Å². The van der Waals surface area contributed by atoms with E-state index in [-0.39, 0.29) is 5.91 Å². The second-order valence-electron chi connectivity index (χ2n) is 4.47. The van der Waals surface area contributed by atoms with Gasteiger partial charge in [-0.1, -0.05) is 12.8 Å². The van der Waals surface area contributed by atoms with Crippen LogP contribution in [0.25, 0.3) is 0 Å². The van der Waals surface area contributed by atoms with Crippen LogP contribution in [0.1, 0.15) is 32.6 Å². The van der Waals surface area contributed by atoms with Gasteiger partial charge in [0.05, 0.1) is 11.8 Å². The number of carbonyl (C=O) groups is 3. The number of primary amides is 1. The number of aliphatic carboxylic acids is 1. The van der Waals surface area contributed by atoms with Crippen LogP contribution < -0.4 is 11.1 Å². The van der Waals surface area contributed by atoms with Crippen molar-refractivity contribution in [3.05, 3.63) is 0 Å². The van der Waals surface area contributed by atoms with Gasteiger partial charge in [-0.2, -0.15) is 0 Å². The van der Waals surface area contributed by atoms with Crippen LogP contribution >= 0.6 is 0 Å². The molecule has 2 amide bonds. The molecular formula is C11H18N2O4. The molecule has 0 aromatic heterocycles. The van der Waals surface area contributed by atoms with E-state index in [0.29, 0.717) is 12.8 Å². The summed E-state index contributed by atoms with van der Waals surface area (Å²) in [7, 11) is 0. The van der Waals surface area contributed by atoms with Gasteiger partial charge in [0.25, 0.3) is 0 Å². The van der Waals surface area contributed by atoms with Crippen molar-refractivity contribution in [2.24, 2.45) is 17.6 Å². The molecule has 0 radical (unpaired) electrons. The third-order valence-electron chi connectivity index (χ3n) is 3.21. The molecule has 0 aromatic rings. The molecule has 6 heteroatoms. The summed E-state index contributed by atoms with van der Waals surface area (Å²) in [6, 6.07) is -0.765. The number of amides is 2. The molecule has 96 valence electrons. The summed E-state index contributed by atoms with van der Waals surface area (Å²) in [5.41, 5.74) is 5.04. The maximum Gasteiger partial charge on any atom is 0.307 e. The molecule has 0 aliphatic heterocycles. The standard InChI is InChI=1S/C11H18N2O4/c1-6(9(12)14)13-10(15)7-4-2-3-5-8(7)11(16)17/h6-8H,2-5H2,1H3,(H2,12,14)(H,13,15)(H,16,17). The molecule has 0 heterocycles. The van der Waals surface area contributed by atoms with Gasteiger partial charge in [0.15, 0.2) is 0 Å². The van der Waals surface area contributed by atoms with Gasteiger partial charge < -0.3 is 16.2 Å². The first-order valence-corrected chi connectivity index (χ1v) is 5.76. The van der Waals surface area contributed by atoms with Crippen molar-refractivity contribution >= 4 is 17.8 Å². The van der Waals surface area contributed by atoms with E-state index in [9.17, 15) is 14.4 Å². The van der Waals surface area contributed by atoms with Crippen LogP contribution in [-0.2, 0) is 14.4 Å². The van der Waals surface area contributed by atoms with Gasteiger partial charge in [0.1, 0.15) is 6.04 Å². The summed E-state index contributed by atoms with van der Waals surface area (Å²) in [5, 5.41) is 11.5. The average Bonchev–Trinajstić information content (AvgIpc) is 2.28. The monoisotopic (exact) mass is 242 g/mol. The minimum atomic E-state index is -0.948. The molecule has 0 saturated heterocycles. The predicted octanol–water partition coefficient (Wildman–Crippen LogP) is -0.133. The van der Waals surface area contributed by atoms with Crippen LogP contribution in [-0.4, -0.2) is 28.9 Å². The lowest BCUT2D eigenvalue weighted by Crippen LogP contribution is -2.47. The smallest absolute Gasteiger partial charge is 0.307 e.